The SMILES string of the molecule is O=C(NC1CCN(c2ccc(S(=O)(=O)N3CCCCC3)cn2)CC1)C1CCCCC1. The highest BCUT2D eigenvalue weighted by atomic mass is 32.2. The summed E-state index contributed by atoms with van der Waals surface area (Å²) in [5.41, 5.74) is 0. The highest BCUT2D eigenvalue weighted by Crippen LogP contribution is 2.26. The van der Waals surface area contributed by atoms with Crippen molar-refractivity contribution in [3.05, 3.63) is 18.3 Å². The van der Waals surface area contributed by atoms with Crippen LogP contribution in [-0.2, 0) is 14.8 Å². The van der Waals surface area contributed by atoms with Crippen molar-refractivity contribution < 1.29 is 13.2 Å². The maximum Gasteiger partial charge on any atom is 0.244 e. The maximum absolute atomic E-state index is 12.8. The van der Waals surface area contributed by atoms with Crippen molar-refractivity contribution in [2.24, 2.45) is 5.92 Å². The molecule has 3 aliphatic rings. The number of carbonyl (C=O) groups excluding carboxylic acids is 1. The third-order valence-corrected chi connectivity index (χ3v) is 8.70. The molecule has 0 radical (unpaired) electrons. The number of amides is 1. The number of rotatable bonds is 5. The molecule has 8 heteroatoms. The van der Waals surface area contributed by atoms with Gasteiger partial charge in [0.1, 0.15) is 10.7 Å². The van der Waals surface area contributed by atoms with Crippen LogP contribution in [-0.4, -0.2) is 55.8 Å². The largest absolute Gasteiger partial charge is 0.356 e. The summed E-state index contributed by atoms with van der Waals surface area (Å²) in [6.45, 7) is 2.84. The van der Waals surface area contributed by atoms with Crippen LogP contribution in [0.15, 0.2) is 23.2 Å². The fraction of sp³-hybridized carbons (Fsp3) is 0.727. The van der Waals surface area contributed by atoms with Gasteiger partial charge in [-0.3, -0.25) is 4.79 Å². The summed E-state index contributed by atoms with van der Waals surface area (Å²) in [6.07, 6.45) is 11.9. The van der Waals surface area contributed by atoms with Crippen molar-refractivity contribution in [3.8, 4) is 0 Å². The number of nitrogens with zero attached hydrogens (tertiary/aromatic N) is 3. The Morgan fingerprint density at radius 2 is 1.57 bits per heavy atom. The van der Waals surface area contributed by atoms with Crippen LogP contribution < -0.4 is 10.2 Å². The van der Waals surface area contributed by atoms with Crippen LogP contribution >= 0.6 is 0 Å². The van der Waals surface area contributed by atoms with Gasteiger partial charge in [-0.1, -0.05) is 25.7 Å². The van der Waals surface area contributed by atoms with Crippen molar-refractivity contribution in [2.75, 3.05) is 31.1 Å². The normalized spacial score (nSPS) is 22.7. The summed E-state index contributed by atoms with van der Waals surface area (Å²) in [5.74, 6) is 1.25. The van der Waals surface area contributed by atoms with Gasteiger partial charge < -0.3 is 10.2 Å². The van der Waals surface area contributed by atoms with Crippen molar-refractivity contribution in [2.45, 2.75) is 75.1 Å². The molecule has 166 valence electrons. The minimum atomic E-state index is -3.44. The average molecular weight is 435 g/mol. The first-order chi connectivity index (χ1) is 14.5. The van der Waals surface area contributed by atoms with Crippen LogP contribution in [0.5, 0.6) is 0 Å². The molecule has 2 aliphatic heterocycles. The molecule has 0 unspecified atom stereocenters. The minimum Gasteiger partial charge on any atom is -0.356 e. The fourth-order valence-corrected chi connectivity index (χ4v) is 6.37. The predicted octanol–water partition coefficient (Wildman–Crippen LogP) is 2.92. The molecule has 1 N–H and O–H groups in total. The Hall–Kier alpha value is -1.67. The molecule has 2 saturated heterocycles. The van der Waals surface area contributed by atoms with Gasteiger partial charge in [-0.05, 0) is 50.7 Å². The van der Waals surface area contributed by atoms with Crippen LogP contribution in [0.1, 0.15) is 64.2 Å². The zero-order valence-corrected chi connectivity index (χ0v) is 18.6. The third kappa shape index (κ3) is 4.97. The topological polar surface area (TPSA) is 82.6 Å². The van der Waals surface area contributed by atoms with Gasteiger partial charge in [-0.2, -0.15) is 4.31 Å². The van der Waals surface area contributed by atoms with E-state index >= 15 is 0 Å². The number of pyridine rings is 1. The molecule has 3 heterocycles. The fourth-order valence-electron chi connectivity index (χ4n) is 4.90. The van der Waals surface area contributed by atoms with Crippen LogP contribution in [0.3, 0.4) is 0 Å². The number of carbonyl (C=O) groups is 1. The highest BCUT2D eigenvalue weighted by Gasteiger charge is 2.28. The Balaban J connectivity index is 1.30. The first-order valence-electron chi connectivity index (χ1n) is 11.6. The molecule has 0 aromatic carbocycles. The summed E-state index contributed by atoms with van der Waals surface area (Å²) in [4.78, 5) is 19.4. The first-order valence-corrected chi connectivity index (χ1v) is 13.0. The number of aromatic nitrogens is 1. The molecule has 3 fully saturated rings. The lowest BCUT2D eigenvalue weighted by atomic mass is 9.88. The lowest BCUT2D eigenvalue weighted by molar-refractivity contribution is -0.126. The second-order valence-corrected chi connectivity index (χ2v) is 10.9. The molecule has 1 amide bonds. The molecule has 0 atom stereocenters. The Morgan fingerprint density at radius 1 is 0.900 bits per heavy atom. The molecule has 30 heavy (non-hydrogen) atoms. The molecule has 1 saturated carbocycles. The molecule has 1 aromatic rings. The van der Waals surface area contributed by atoms with E-state index in [1.54, 1.807) is 10.4 Å². The van der Waals surface area contributed by atoms with Gasteiger partial charge in [0, 0.05) is 44.3 Å². The van der Waals surface area contributed by atoms with Crippen LogP contribution in [0.25, 0.3) is 0 Å². The number of nitrogens with one attached hydrogen (secondary N) is 1. The van der Waals surface area contributed by atoms with Crippen molar-refractivity contribution >= 4 is 21.7 Å². The molecular weight excluding hydrogens is 400 g/mol. The van der Waals surface area contributed by atoms with Crippen molar-refractivity contribution in [1.82, 2.24) is 14.6 Å². The summed E-state index contributed by atoms with van der Waals surface area (Å²) >= 11 is 0. The van der Waals surface area contributed by atoms with E-state index in [1.807, 2.05) is 6.07 Å². The standard InChI is InChI=1S/C22H34N4O3S/c27-22(18-7-3-1-4-8-18)24-19-11-15-25(16-12-19)21-10-9-20(17-23-21)30(28,29)26-13-5-2-6-14-26/h9-10,17-19H,1-8,11-16H2,(H,24,27). The van der Waals surface area contributed by atoms with Crippen LogP contribution in [0, 0.1) is 5.92 Å². The summed E-state index contributed by atoms with van der Waals surface area (Å²) in [6, 6.07) is 3.73. The first kappa shape index (κ1) is 21.6. The Kier molecular flexibility index (Phi) is 6.93. The summed E-state index contributed by atoms with van der Waals surface area (Å²) < 4.78 is 27.1. The maximum atomic E-state index is 12.8. The van der Waals surface area contributed by atoms with E-state index in [1.165, 1.54) is 25.5 Å². The summed E-state index contributed by atoms with van der Waals surface area (Å²) in [5, 5.41) is 3.26. The van der Waals surface area contributed by atoms with Gasteiger partial charge in [0.25, 0.3) is 0 Å². The zero-order chi connectivity index (χ0) is 21.0. The molecule has 0 spiro atoms. The molecule has 1 aliphatic carbocycles. The average Bonchev–Trinajstić information content (AvgIpc) is 2.81. The zero-order valence-electron chi connectivity index (χ0n) is 17.8. The van der Waals surface area contributed by atoms with E-state index < -0.39 is 10.0 Å². The molecule has 7 nitrogen and oxygen atoms in total. The van der Waals surface area contributed by atoms with Gasteiger partial charge in [-0.25, -0.2) is 13.4 Å². The van der Waals surface area contributed by atoms with Crippen molar-refractivity contribution in [1.29, 1.82) is 0 Å². The second-order valence-electron chi connectivity index (χ2n) is 8.92. The van der Waals surface area contributed by atoms with Gasteiger partial charge in [0.15, 0.2) is 0 Å². The quantitative estimate of drug-likeness (QED) is 0.770. The lowest BCUT2D eigenvalue weighted by Gasteiger charge is -2.34. The number of hydrogen-bond donors (Lipinski definition) is 1. The van der Waals surface area contributed by atoms with Crippen molar-refractivity contribution in [3.63, 3.8) is 0 Å². The van der Waals surface area contributed by atoms with E-state index in [2.05, 4.69) is 15.2 Å². The van der Waals surface area contributed by atoms with Gasteiger partial charge in [-0.15, -0.1) is 0 Å². The Morgan fingerprint density at radius 3 is 2.20 bits per heavy atom. The van der Waals surface area contributed by atoms with Gasteiger partial charge in [0.05, 0.1) is 0 Å². The number of piperidine rings is 2. The highest BCUT2D eigenvalue weighted by molar-refractivity contribution is 7.89. The minimum absolute atomic E-state index is 0.202. The van der Waals surface area contributed by atoms with E-state index in [4.69, 9.17) is 0 Å². The van der Waals surface area contributed by atoms with Gasteiger partial charge >= 0.3 is 0 Å². The Labute approximate surface area is 180 Å². The number of anilines is 1. The second kappa shape index (κ2) is 9.64. The van der Waals surface area contributed by atoms with E-state index in [0.29, 0.717) is 13.1 Å². The number of hydrogen-bond acceptors (Lipinski definition) is 5. The molecule has 0 bridgehead atoms. The van der Waals surface area contributed by atoms with E-state index in [9.17, 15) is 13.2 Å². The molecule has 1 aromatic heterocycles. The van der Waals surface area contributed by atoms with Crippen LogP contribution in [0.2, 0.25) is 0 Å². The van der Waals surface area contributed by atoms with Crippen LogP contribution in [0.4, 0.5) is 5.82 Å². The van der Waals surface area contributed by atoms with E-state index in [-0.39, 0.29) is 22.8 Å². The van der Waals surface area contributed by atoms with E-state index in [0.717, 1.165) is 63.9 Å². The predicted molar refractivity (Wildman–Crippen MR) is 117 cm³/mol. The number of sulfonamides is 1. The molecule has 4 rings (SSSR count). The lowest BCUT2D eigenvalue weighted by Crippen LogP contribution is -2.46. The smallest absolute Gasteiger partial charge is 0.244 e. The monoisotopic (exact) mass is 434 g/mol. The molecular formula is C22H34N4O3S. The third-order valence-electron chi connectivity index (χ3n) is 6.81. The van der Waals surface area contributed by atoms with Gasteiger partial charge in [0.2, 0.25) is 15.9 Å². The summed E-state index contributed by atoms with van der Waals surface area (Å²) in [7, 11) is -3.44. The Bertz CT molecular complexity index is 807.